The second-order valence-electron chi connectivity index (χ2n) is 13.1. The summed E-state index contributed by atoms with van der Waals surface area (Å²) >= 11 is 0. The maximum Gasteiger partial charge on any atom is 0.308 e. The van der Waals surface area contributed by atoms with Crippen LogP contribution in [0.4, 0.5) is 0 Å². The molecule has 1 aliphatic heterocycles. The molecule has 0 aromatic carbocycles. The van der Waals surface area contributed by atoms with Gasteiger partial charge < -0.3 is 25.2 Å². The van der Waals surface area contributed by atoms with Gasteiger partial charge in [0, 0.05) is 24.9 Å². The summed E-state index contributed by atoms with van der Waals surface area (Å²) in [7, 11) is 0. The number of carboxylic acids is 1. The van der Waals surface area contributed by atoms with Crippen molar-refractivity contribution < 1.29 is 29.0 Å². The number of ether oxygens (including phenoxy) is 2. The van der Waals surface area contributed by atoms with Gasteiger partial charge in [0.25, 0.3) is 0 Å². The zero-order valence-electron chi connectivity index (χ0n) is 27.0. The minimum atomic E-state index is -0.957. The summed E-state index contributed by atoms with van der Waals surface area (Å²) in [5.41, 5.74) is -0.519. The second kappa shape index (κ2) is 21.1. The summed E-state index contributed by atoms with van der Waals surface area (Å²) in [6.07, 6.45) is 20.2. The Morgan fingerprint density at radius 1 is 0.780 bits per heavy atom. The van der Waals surface area contributed by atoms with E-state index in [-0.39, 0.29) is 18.4 Å². The predicted molar refractivity (Wildman–Crippen MR) is 165 cm³/mol. The number of unbranched alkanes of at least 4 members (excludes halogenated alkanes) is 14. The number of carboxylic acid groups (broad SMARTS) is 1. The van der Waals surface area contributed by atoms with Crippen LogP contribution in [-0.4, -0.2) is 54.5 Å². The lowest BCUT2D eigenvalue weighted by atomic mass is 9.85. The molecule has 0 aromatic rings. The summed E-state index contributed by atoms with van der Waals surface area (Å²) in [5, 5.41) is 15.3. The highest BCUT2D eigenvalue weighted by Crippen LogP contribution is 2.34. The van der Waals surface area contributed by atoms with Gasteiger partial charge in [0.2, 0.25) is 11.8 Å². The third kappa shape index (κ3) is 17.8. The number of carbonyl (C=O) groups excluding carboxylic acids is 2. The molecule has 1 aliphatic rings. The van der Waals surface area contributed by atoms with Crippen LogP contribution in [0.5, 0.6) is 0 Å². The number of hydrogen-bond donors (Lipinski definition) is 3. The third-order valence-corrected chi connectivity index (χ3v) is 8.07. The standard InChI is InChI=1S/C33H62N2O6/c1-6-7-8-9-10-11-12-13-14-15-16-17-18-19-20-23-28(36)34-24-21-22-27(31(38)39)25-35-30(37)29-32(2,3)26-40-33(4,5)41-29/h27,29H,6-26H2,1-5H3,(H,34,36)(H,35,37)(H,38,39). The van der Waals surface area contributed by atoms with Crippen molar-refractivity contribution in [3.05, 3.63) is 0 Å². The maximum absolute atomic E-state index is 12.8. The van der Waals surface area contributed by atoms with Crippen molar-refractivity contribution in [3.63, 3.8) is 0 Å². The van der Waals surface area contributed by atoms with Gasteiger partial charge in [-0.3, -0.25) is 14.4 Å². The van der Waals surface area contributed by atoms with E-state index in [0.717, 1.165) is 12.8 Å². The van der Waals surface area contributed by atoms with Gasteiger partial charge in [-0.15, -0.1) is 0 Å². The van der Waals surface area contributed by atoms with Crippen LogP contribution >= 0.6 is 0 Å². The molecule has 0 spiro atoms. The smallest absolute Gasteiger partial charge is 0.308 e. The van der Waals surface area contributed by atoms with E-state index in [2.05, 4.69) is 17.6 Å². The average molecular weight is 583 g/mol. The fourth-order valence-electron chi connectivity index (χ4n) is 5.27. The van der Waals surface area contributed by atoms with E-state index in [0.29, 0.717) is 32.4 Å². The Hall–Kier alpha value is -1.67. The molecule has 0 saturated carbocycles. The first-order chi connectivity index (χ1) is 19.5. The number of aliphatic carboxylic acids is 1. The van der Waals surface area contributed by atoms with Gasteiger partial charge in [0.1, 0.15) is 6.10 Å². The van der Waals surface area contributed by atoms with Gasteiger partial charge in [-0.05, 0) is 33.1 Å². The SMILES string of the molecule is CCCCCCCCCCCCCCCCCC(=O)NCCCC(CNC(=O)C1OC(C)(C)OCC1(C)C)C(=O)O. The van der Waals surface area contributed by atoms with E-state index in [4.69, 9.17) is 9.47 Å². The molecule has 3 N–H and O–H groups in total. The molecule has 8 heteroatoms. The first-order valence-electron chi connectivity index (χ1n) is 16.6. The molecular weight excluding hydrogens is 520 g/mol. The lowest BCUT2D eigenvalue weighted by Gasteiger charge is -2.44. The molecule has 2 atom stereocenters. The van der Waals surface area contributed by atoms with Crippen LogP contribution in [0.2, 0.25) is 0 Å². The molecule has 8 nitrogen and oxygen atoms in total. The molecule has 1 rings (SSSR count). The van der Waals surface area contributed by atoms with Crippen molar-refractivity contribution >= 4 is 17.8 Å². The van der Waals surface area contributed by atoms with E-state index in [9.17, 15) is 19.5 Å². The minimum absolute atomic E-state index is 0.0263. The Bertz CT molecular complexity index is 739. The van der Waals surface area contributed by atoms with Crippen molar-refractivity contribution in [1.29, 1.82) is 0 Å². The van der Waals surface area contributed by atoms with Crippen molar-refractivity contribution in [2.45, 2.75) is 162 Å². The summed E-state index contributed by atoms with van der Waals surface area (Å²) in [4.78, 5) is 36.7. The van der Waals surface area contributed by atoms with Crippen molar-refractivity contribution in [3.8, 4) is 0 Å². The topological polar surface area (TPSA) is 114 Å². The van der Waals surface area contributed by atoms with Crippen LogP contribution in [0.1, 0.15) is 150 Å². The molecule has 1 saturated heterocycles. The molecule has 0 aliphatic carbocycles. The van der Waals surface area contributed by atoms with Crippen molar-refractivity contribution in [2.75, 3.05) is 19.7 Å². The number of amides is 2. The van der Waals surface area contributed by atoms with Gasteiger partial charge in [0.15, 0.2) is 5.79 Å². The number of carbonyl (C=O) groups is 3. The van der Waals surface area contributed by atoms with Crippen LogP contribution in [0.3, 0.4) is 0 Å². The molecule has 0 bridgehead atoms. The van der Waals surface area contributed by atoms with E-state index in [1.807, 2.05) is 13.8 Å². The van der Waals surface area contributed by atoms with Crippen molar-refractivity contribution in [1.82, 2.24) is 10.6 Å². The molecular formula is C33H62N2O6. The molecule has 2 unspecified atom stereocenters. The maximum atomic E-state index is 12.8. The molecule has 1 heterocycles. The Morgan fingerprint density at radius 3 is 1.80 bits per heavy atom. The Morgan fingerprint density at radius 2 is 1.29 bits per heavy atom. The summed E-state index contributed by atoms with van der Waals surface area (Å²) < 4.78 is 11.5. The summed E-state index contributed by atoms with van der Waals surface area (Å²) in [6.45, 7) is 10.4. The van der Waals surface area contributed by atoms with Crippen LogP contribution in [0.25, 0.3) is 0 Å². The molecule has 41 heavy (non-hydrogen) atoms. The zero-order valence-corrected chi connectivity index (χ0v) is 27.0. The highest BCUT2D eigenvalue weighted by molar-refractivity contribution is 5.82. The van der Waals surface area contributed by atoms with Crippen LogP contribution in [0, 0.1) is 11.3 Å². The minimum Gasteiger partial charge on any atom is -0.481 e. The number of rotatable bonds is 24. The monoisotopic (exact) mass is 582 g/mol. The van der Waals surface area contributed by atoms with Gasteiger partial charge in [-0.2, -0.15) is 0 Å². The number of hydrogen-bond acceptors (Lipinski definition) is 5. The van der Waals surface area contributed by atoms with Crippen LogP contribution in [0.15, 0.2) is 0 Å². The predicted octanol–water partition coefficient (Wildman–Crippen LogP) is 7.14. The lowest BCUT2D eigenvalue weighted by Crippen LogP contribution is -2.57. The van der Waals surface area contributed by atoms with Crippen LogP contribution in [-0.2, 0) is 23.9 Å². The third-order valence-electron chi connectivity index (χ3n) is 8.07. The normalized spacial score (nSPS) is 18.5. The van der Waals surface area contributed by atoms with E-state index in [1.54, 1.807) is 13.8 Å². The van der Waals surface area contributed by atoms with E-state index >= 15 is 0 Å². The fraction of sp³-hybridized carbons (Fsp3) is 0.909. The summed E-state index contributed by atoms with van der Waals surface area (Å²) in [6, 6.07) is 0. The molecule has 240 valence electrons. The fourth-order valence-corrected chi connectivity index (χ4v) is 5.27. The van der Waals surface area contributed by atoms with Gasteiger partial charge in [-0.25, -0.2) is 0 Å². The Kier molecular flexibility index (Phi) is 19.2. The van der Waals surface area contributed by atoms with Gasteiger partial charge >= 0.3 is 5.97 Å². The first-order valence-corrected chi connectivity index (χ1v) is 16.6. The van der Waals surface area contributed by atoms with E-state index < -0.39 is 29.2 Å². The first kappa shape index (κ1) is 37.4. The van der Waals surface area contributed by atoms with Crippen molar-refractivity contribution in [2.24, 2.45) is 11.3 Å². The van der Waals surface area contributed by atoms with Gasteiger partial charge in [-0.1, -0.05) is 111 Å². The second-order valence-corrected chi connectivity index (χ2v) is 13.1. The highest BCUT2D eigenvalue weighted by atomic mass is 16.7. The largest absolute Gasteiger partial charge is 0.481 e. The molecule has 2 amide bonds. The lowest BCUT2D eigenvalue weighted by molar-refractivity contribution is -0.304. The van der Waals surface area contributed by atoms with E-state index in [1.165, 1.54) is 83.5 Å². The van der Waals surface area contributed by atoms with Crippen LogP contribution < -0.4 is 10.6 Å². The Labute approximate surface area is 250 Å². The average Bonchev–Trinajstić information content (AvgIpc) is 2.91. The molecule has 0 aromatic heterocycles. The zero-order chi connectivity index (χ0) is 30.6. The Balaban J connectivity index is 2.06. The summed E-state index contributed by atoms with van der Waals surface area (Å²) in [5.74, 6) is -2.84. The molecule has 1 fully saturated rings. The number of nitrogens with one attached hydrogen (secondary N) is 2. The quantitative estimate of drug-likeness (QED) is 0.104. The van der Waals surface area contributed by atoms with Gasteiger partial charge in [0.05, 0.1) is 12.5 Å². The highest BCUT2D eigenvalue weighted by Gasteiger charge is 2.45. The molecule has 0 radical (unpaired) electrons.